The summed E-state index contributed by atoms with van der Waals surface area (Å²) in [6, 6.07) is 8.09. The number of thiocarbonyl (C=S) groups is 1. The molecular formula is C16H12ClN3O5S. The van der Waals surface area contributed by atoms with Gasteiger partial charge in [0.25, 0.3) is 11.6 Å². The van der Waals surface area contributed by atoms with Gasteiger partial charge in [-0.3, -0.25) is 20.2 Å². The van der Waals surface area contributed by atoms with E-state index in [1.54, 1.807) is 0 Å². The summed E-state index contributed by atoms with van der Waals surface area (Å²) in [5.74, 6) is -1.76. The Labute approximate surface area is 157 Å². The van der Waals surface area contributed by atoms with Crippen molar-refractivity contribution >= 4 is 52.2 Å². The molecule has 0 fully saturated rings. The van der Waals surface area contributed by atoms with Crippen LogP contribution in [0.2, 0.25) is 5.02 Å². The molecule has 8 nitrogen and oxygen atoms in total. The number of carboxylic acids is 1. The van der Waals surface area contributed by atoms with Gasteiger partial charge in [0.15, 0.2) is 5.11 Å². The second-order valence-corrected chi connectivity index (χ2v) is 5.98. The zero-order valence-corrected chi connectivity index (χ0v) is 14.9. The molecule has 0 spiro atoms. The molecule has 0 radical (unpaired) electrons. The summed E-state index contributed by atoms with van der Waals surface area (Å²) in [6.45, 7) is 1.52. The van der Waals surface area contributed by atoms with Gasteiger partial charge in [-0.1, -0.05) is 11.6 Å². The number of nitrogens with one attached hydrogen (secondary N) is 2. The van der Waals surface area contributed by atoms with Gasteiger partial charge in [-0.2, -0.15) is 0 Å². The quantitative estimate of drug-likeness (QED) is 0.413. The molecule has 0 aliphatic heterocycles. The highest BCUT2D eigenvalue weighted by Gasteiger charge is 2.15. The molecule has 0 saturated heterocycles. The van der Waals surface area contributed by atoms with Crippen molar-refractivity contribution in [3.05, 3.63) is 68.2 Å². The van der Waals surface area contributed by atoms with E-state index in [0.29, 0.717) is 11.3 Å². The molecule has 2 aromatic rings. The van der Waals surface area contributed by atoms with Gasteiger partial charge in [0.05, 0.1) is 15.5 Å². The number of nitro groups is 1. The number of aryl methyl sites for hydroxylation is 1. The van der Waals surface area contributed by atoms with Crippen LogP contribution in [0.5, 0.6) is 0 Å². The van der Waals surface area contributed by atoms with Crippen LogP contribution >= 0.6 is 23.8 Å². The van der Waals surface area contributed by atoms with Crippen molar-refractivity contribution in [3.63, 3.8) is 0 Å². The molecule has 0 heterocycles. The van der Waals surface area contributed by atoms with Crippen LogP contribution in [0.1, 0.15) is 26.3 Å². The van der Waals surface area contributed by atoms with E-state index in [-0.39, 0.29) is 26.9 Å². The number of carbonyl (C=O) groups is 2. The monoisotopic (exact) mass is 393 g/mol. The number of benzene rings is 2. The fourth-order valence-corrected chi connectivity index (χ4v) is 2.52. The Kier molecular flexibility index (Phi) is 5.86. The number of hydrogen-bond acceptors (Lipinski definition) is 5. The number of aromatic carboxylic acids is 1. The Hall–Kier alpha value is -3.04. The summed E-state index contributed by atoms with van der Waals surface area (Å²) in [5.41, 5.74) is 0.656. The number of nitrogens with zero attached hydrogens (tertiary/aromatic N) is 1. The third-order valence-electron chi connectivity index (χ3n) is 3.34. The Morgan fingerprint density at radius 2 is 1.92 bits per heavy atom. The Bertz CT molecular complexity index is 932. The largest absolute Gasteiger partial charge is 0.478 e. The molecule has 1 amide bonds. The van der Waals surface area contributed by atoms with E-state index in [2.05, 4.69) is 10.6 Å². The summed E-state index contributed by atoms with van der Waals surface area (Å²) in [6.07, 6.45) is 0. The molecule has 2 aromatic carbocycles. The number of rotatable bonds is 4. The van der Waals surface area contributed by atoms with Gasteiger partial charge in [-0.15, -0.1) is 0 Å². The SMILES string of the molecule is Cc1cc(C(=O)NC(=S)Nc2ccc(Cl)c(C(=O)O)c2)ccc1[N+](=O)[O-]. The maximum atomic E-state index is 12.2. The molecule has 0 aromatic heterocycles. The van der Waals surface area contributed by atoms with Crippen LogP contribution in [-0.2, 0) is 0 Å². The Morgan fingerprint density at radius 3 is 2.50 bits per heavy atom. The van der Waals surface area contributed by atoms with E-state index in [9.17, 15) is 19.7 Å². The molecular weight excluding hydrogens is 382 g/mol. The normalized spacial score (nSPS) is 10.1. The van der Waals surface area contributed by atoms with E-state index in [1.165, 1.54) is 43.3 Å². The first-order valence-electron chi connectivity index (χ1n) is 7.09. The van der Waals surface area contributed by atoms with E-state index < -0.39 is 16.8 Å². The first-order chi connectivity index (χ1) is 12.2. The molecule has 0 aliphatic carbocycles. The molecule has 26 heavy (non-hydrogen) atoms. The summed E-state index contributed by atoms with van der Waals surface area (Å²) in [5, 5.41) is 24.9. The van der Waals surface area contributed by atoms with Crippen molar-refractivity contribution in [2.24, 2.45) is 0 Å². The van der Waals surface area contributed by atoms with E-state index in [4.69, 9.17) is 28.9 Å². The molecule has 134 valence electrons. The molecule has 10 heteroatoms. The summed E-state index contributed by atoms with van der Waals surface area (Å²) in [4.78, 5) is 33.5. The average Bonchev–Trinajstić information content (AvgIpc) is 2.55. The summed E-state index contributed by atoms with van der Waals surface area (Å²) >= 11 is 10.8. The van der Waals surface area contributed by atoms with Crippen LogP contribution in [0.25, 0.3) is 0 Å². The Morgan fingerprint density at radius 1 is 1.23 bits per heavy atom. The summed E-state index contributed by atoms with van der Waals surface area (Å²) < 4.78 is 0. The lowest BCUT2D eigenvalue weighted by molar-refractivity contribution is -0.385. The zero-order chi connectivity index (χ0) is 19.4. The van der Waals surface area contributed by atoms with Crippen molar-refractivity contribution < 1.29 is 19.6 Å². The number of carbonyl (C=O) groups excluding carboxylic acids is 1. The van der Waals surface area contributed by atoms with Crippen LogP contribution in [-0.4, -0.2) is 27.0 Å². The third kappa shape index (κ3) is 4.52. The molecule has 0 atom stereocenters. The molecule has 0 saturated carbocycles. The smallest absolute Gasteiger partial charge is 0.337 e. The van der Waals surface area contributed by atoms with Crippen LogP contribution in [0, 0.1) is 17.0 Å². The molecule has 3 N–H and O–H groups in total. The second kappa shape index (κ2) is 7.89. The predicted molar refractivity (Wildman–Crippen MR) is 99.9 cm³/mol. The third-order valence-corrected chi connectivity index (χ3v) is 3.87. The van der Waals surface area contributed by atoms with E-state index in [1.807, 2.05) is 0 Å². The van der Waals surface area contributed by atoms with Crippen LogP contribution in [0.3, 0.4) is 0 Å². The molecule has 0 unspecified atom stereocenters. The average molecular weight is 394 g/mol. The Balaban J connectivity index is 2.09. The molecule has 0 bridgehead atoms. The van der Waals surface area contributed by atoms with Gasteiger partial charge in [-0.25, -0.2) is 4.79 Å². The highest BCUT2D eigenvalue weighted by atomic mass is 35.5. The minimum absolute atomic E-state index is 0.0651. The van der Waals surface area contributed by atoms with E-state index >= 15 is 0 Å². The number of nitro benzene ring substituents is 1. The van der Waals surface area contributed by atoms with Gasteiger partial charge >= 0.3 is 5.97 Å². The van der Waals surface area contributed by atoms with Crippen molar-refractivity contribution in [1.82, 2.24) is 5.32 Å². The number of hydrogen-bond donors (Lipinski definition) is 3. The first-order valence-corrected chi connectivity index (χ1v) is 7.88. The minimum atomic E-state index is -1.20. The van der Waals surface area contributed by atoms with E-state index in [0.717, 1.165) is 0 Å². The predicted octanol–water partition coefficient (Wildman–Crippen LogP) is 3.38. The number of anilines is 1. The lowest BCUT2D eigenvalue weighted by Crippen LogP contribution is -2.34. The van der Waals surface area contributed by atoms with Crippen molar-refractivity contribution in [2.45, 2.75) is 6.92 Å². The van der Waals surface area contributed by atoms with Gasteiger partial charge in [-0.05, 0) is 49.5 Å². The van der Waals surface area contributed by atoms with Crippen molar-refractivity contribution in [3.8, 4) is 0 Å². The molecule has 0 aliphatic rings. The van der Waals surface area contributed by atoms with Gasteiger partial charge < -0.3 is 10.4 Å². The maximum Gasteiger partial charge on any atom is 0.337 e. The minimum Gasteiger partial charge on any atom is -0.478 e. The number of halogens is 1. The lowest BCUT2D eigenvalue weighted by atomic mass is 10.1. The first kappa shape index (κ1) is 19.3. The molecule has 2 rings (SSSR count). The highest BCUT2D eigenvalue weighted by molar-refractivity contribution is 7.80. The highest BCUT2D eigenvalue weighted by Crippen LogP contribution is 2.21. The topological polar surface area (TPSA) is 122 Å². The number of carboxylic acid groups (broad SMARTS) is 1. The standard InChI is InChI=1S/C16H12ClN3O5S/c1-8-6-9(2-5-13(8)20(24)25)14(21)19-16(26)18-10-3-4-12(17)11(7-10)15(22)23/h2-7H,1H3,(H,22,23)(H2,18,19,21,26). The maximum absolute atomic E-state index is 12.2. The summed E-state index contributed by atoms with van der Waals surface area (Å²) in [7, 11) is 0. The number of amides is 1. The van der Waals surface area contributed by atoms with Crippen LogP contribution in [0.15, 0.2) is 36.4 Å². The fraction of sp³-hybridized carbons (Fsp3) is 0.0625. The van der Waals surface area contributed by atoms with Crippen LogP contribution < -0.4 is 10.6 Å². The zero-order valence-electron chi connectivity index (χ0n) is 13.3. The van der Waals surface area contributed by atoms with Crippen molar-refractivity contribution in [1.29, 1.82) is 0 Å². The van der Waals surface area contributed by atoms with Gasteiger partial charge in [0.2, 0.25) is 0 Å². The van der Waals surface area contributed by atoms with Crippen molar-refractivity contribution in [2.75, 3.05) is 5.32 Å². The van der Waals surface area contributed by atoms with Gasteiger partial charge in [0, 0.05) is 22.9 Å². The second-order valence-electron chi connectivity index (χ2n) is 5.17. The lowest BCUT2D eigenvalue weighted by Gasteiger charge is -2.11. The fourth-order valence-electron chi connectivity index (χ4n) is 2.11. The van der Waals surface area contributed by atoms with Crippen LogP contribution in [0.4, 0.5) is 11.4 Å². The van der Waals surface area contributed by atoms with Gasteiger partial charge in [0.1, 0.15) is 0 Å².